The lowest BCUT2D eigenvalue weighted by Crippen LogP contribution is -2.24. The molecular weight excluding hydrogens is 182 g/mol. The van der Waals surface area contributed by atoms with Crippen LogP contribution >= 0.6 is 11.3 Å². The van der Waals surface area contributed by atoms with Gasteiger partial charge in [0, 0.05) is 6.54 Å². The van der Waals surface area contributed by atoms with Gasteiger partial charge in [0.05, 0.1) is 0 Å². The first-order chi connectivity index (χ1) is 6.45. The fourth-order valence-corrected chi connectivity index (χ4v) is 2.23. The molecule has 0 radical (unpaired) electrons. The summed E-state index contributed by atoms with van der Waals surface area (Å²) in [6, 6.07) is 4.05. The number of thiophene rings is 1. The average molecular weight is 197 g/mol. The SMILES string of the molecule is c1csc(OCCN2CCCC2)c1. The van der Waals surface area contributed by atoms with E-state index in [1.54, 1.807) is 11.3 Å². The predicted molar refractivity (Wildman–Crippen MR) is 55.5 cm³/mol. The molecular formula is C10H15NOS. The predicted octanol–water partition coefficient (Wildman–Crippen LogP) is 2.22. The van der Waals surface area contributed by atoms with Crippen LogP contribution in [0.25, 0.3) is 0 Å². The quantitative estimate of drug-likeness (QED) is 0.734. The Labute approximate surface area is 83.1 Å². The van der Waals surface area contributed by atoms with Crippen molar-refractivity contribution in [2.45, 2.75) is 12.8 Å². The first-order valence-electron chi connectivity index (χ1n) is 4.84. The molecule has 1 aromatic heterocycles. The van der Waals surface area contributed by atoms with Crippen LogP contribution in [-0.4, -0.2) is 31.1 Å². The van der Waals surface area contributed by atoms with Crippen LogP contribution in [0.2, 0.25) is 0 Å². The molecule has 2 rings (SSSR count). The molecule has 0 N–H and O–H groups in total. The maximum Gasteiger partial charge on any atom is 0.173 e. The molecule has 1 saturated heterocycles. The highest BCUT2D eigenvalue weighted by molar-refractivity contribution is 7.11. The summed E-state index contributed by atoms with van der Waals surface area (Å²) in [6.45, 7) is 4.43. The van der Waals surface area contributed by atoms with E-state index in [4.69, 9.17) is 4.74 Å². The second-order valence-corrected chi connectivity index (χ2v) is 4.24. The van der Waals surface area contributed by atoms with E-state index in [1.807, 2.05) is 17.5 Å². The number of likely N-dealkylation sites (tertiary alicyclic amines) is 1. The molecule has 2 nitrogen and oxygen atoms in total. The van der Waals surface area contributed by atoms with Gasteiger partial charge in [0.1, 0.15) is 6.61 Å². The largest absolute Gasteiger partial charge is 0.483 e. The molecule has 0 unspecified atom stereocenters. The fourth-order valence-electron chi connectivity index (χ4n) is 1.63. The van der Waals surface area contributed by atoms with Gasteiger partial charge in [0.15, 0.2) is 5.06 Å². The van der Waals surface area contributed by atoms with Crippen molar-refractivity contribution in [2.75, 3.05) is 26.2 Å². The Hall–Kier alpha value is -0.540. The molecule has 0 amide bonds. The van der Waals surface area contributed by atoms with Crippen LogP contribution in [0.5, 0.6) is 5.06 Å². The summed E-state index contributed by atoms with van der Waals surface area (Å²) in [7, 11) is 0. The van der Waals surface area contributed by atoms with E-state index in [0.717, 1.165) is 18.2 Å². The molecule has 0 spiro atoms. The van der Waals surface area contributed by atoms with Crippen LogP contribution in [0.3, 0.4) is 0 Å². The lowest BCUT2D eigenvalue weighted by atomic mass is 10.4. The molecule has 0 bridgehead atoms. The molecule has 3 heteroatoms. The number of rotatable bonds is 4. The zero-order valence-electron chi connectivity index (χ0n) is 7.74. The minimum absolute atomic E-state index is 0.834. The standard InChI is InChI=1S/C10H15NOS/c1-2-6-11(5-1)7-8-12-10-4-3-9-13-10/h3-4,9H,1-2,5-8H2. The highest BCUT2D eigenvalue weighted by Gasteiger charge is 2.10. The highest BCUT2D eigenvalue weighted by atomic mass is 32.1. The second kappa shape index (κ2) is 4.63. The Kier molecular flexibility index (Phi) is 3.22. The molecule has 0 aliphatic carbocycles. The Morgan fingerprint density at radius 1 is 1.38 bits per heavy atom. The van der Waals surface area contributed by atoms with Crippen molar-refractivity contribution >= 4 is 11.3 Å². The molecule has 0 atom stereocenters. The zero-order valence-corrected chi connectivity index (χ0v) is 8.55. The van der Waals surface area contributed by atoms with Crippen LogP contribution < -0.4 is 4.74 Å². The van der Waals surface area contributed by atoms with Gasteiger partial charge in [0.2, 0.25) is 0 Å². The van der Waals surface area contributed by atoms with E-state index in [0.29, 0.717) is 0 Å². The summed E-state index contributed by atoms with van der Waals surface area (Å²) in [5.41, 5.74) is 0. The lowest BCUT2D eigenvalue weighted by molar-refractivity contribution is 0.242. The normalized spacial score (nSPS) is 17.8. The summed E-state index contributed by atoms with van der Waals surface area (Å²) in [5, 5.41) is 3.09. The van der Waals surface area contributed by atoms with Gasteiger partial charge in [-0.15, -0.1) is 11.3 Å². The molecule has 0 aromatic carbocycles. The van der Waals surface area contributed by atoms with E-state index in [-0.39, 0.29) is 0 Å². The minimum atomic E-state index is 0.834. The van der Waals surface area contributed by atoms with Gasteiger partial charge in [-0.2, -0.15) is 0 Å². The van der Waals surface area contributed by atoms with Crippen molar-refractivity contribution in [2.24, 2.45) is 0 Å². The third-order valence-corrected chi connectivity index (χ3v) is 3.13. The van der Waals surface area contributed by atoms with E-state index in [1.165, 1.54) is 25.9 Å². The maximum absolute atomic E-state index is 5.58. The summed E-state index contributed by atoms with van der Waals surface area (Å²) in [6.07, 6.45) is 2.72. The third kappa shape index (κ3) is 2.71. The zero-order chi connectivity index (χ0) is 8.93. The Morgan fingerprint density at radius 2 is 2.23 bits per heavy atom. The number of hydrogen-bond acceptors (Lipinski definition) is 3. The van der Waals surface area contributed by atoms with E-state index in [2.05, 4.69) is 4.90 Å². The third-order valence-electron chi connectivity index (χ3n) is 2.35. The highest BCUT2D eigenvalue weighted by Crippen LogP contribution is 2.18. The minimum Gasteiger partial charge on any atom is -0.483 e. The van der Waals surface area contributed by atoms with E-state index in [9.17, 15) is 0 Å². The van der Waals surface area contributed by atoms with Crippen LogP contribution in [0, 0.1) is 0 Å². The number of nitrogens with zero attached hydrogens (tertiary/aromatic N) is 1. The molecule has 1 aliphatic rings. The molecule has 0 saturated carbocycles. The molecule has 1 aliphatic heterocycles. The second-order valence-electron chi connectivity index (χ2n) is 3.33. The fraction of sp³-hybridized carbons (Fsp3) is 0.600. The summed E-state index contributed by atoms with van der Waals surface area (Å²) < 4.78 is 5.58. The molecule has 1 fully saturated rings. The van der Waals surface area contributed by atoms with Gasteiger partial charge in [0.25, 0.3) is 0 Å². The van der Waals surface area contributed by atoms with Crippen LogP contribution in [-0.2, 0) is 0 Å². The van der Waals surface area contributed by atoms with Crippen molar-refractivity contribution in [1.29, 1.82) is 0 Å². The van der Waals surface area contributed by atoms with Gasteiger partial charge in [-0.05, 0) is 43.4 Å². The van der Waals surface area contributed by atoms with Crippen LogP contribution in [0.4, 0.5) is 0 Å². The van der Waals surface area contributed by atoms with Gasteiger partial charge >= 0.3 is 0 Å². The topological polar surface area (TPSA) is 12.5 Å². The molecule has 13 heavy (non-hydrogen) atoms. The van der Waals surface area contributed by atoms with Crippen LogP contribution in [0.1, 0.15) is 12.8 Å². The van der Waals surface area contributed by atoms with Gasteiger partial charge in [-0.1, -0.05) is 0 Å². The van der Waals surface area contributed by atoms with E-state index >= 15 is 0 Å². The smallest absolute Gasteiger partial charge is 0.173 e. The lowest BCUT2D eigenvalue weighted by Gasteiger charge is -2.13. The summed E-state index contributed by atoms with van der Waals surface area (Å²) >= 11 is 1.66. The average Bonchev–Trinajstić information content (AvgIpc) is 2.75. The Bertz CT molecular complexity index is 229. The summed E-state index contributed by atoms with van der Waals surface area (Å²) in [5.74, 6) is 0. The Morgan fingerprint density at radius 3 is 2.92 bits per heavy atom. The van der Waals surface area contributed by atoms with Crippen molar-refractivity contribution in [1.82, 2.24) is 4.90 Å². The van der Waals surface area contributed by atoms with Crippen molar-refractivity contribution in [3.8, 4) is 5.06 Å². The maximum atomic E-state index is 5.58. The number of hydrogen-bond donors (Lipinski definition) is 0. The van der Waals surface area contributed by atoms with Gasteiger partial charge in [-0.25, -0.2) is 0 Å². The van der Waals surface area contributed by atoms with Crippen LogP contribution in [0.15, 0.2) is 17.5 Å². The van der Waals surface area contributed by atoms with Crippen molar-refractivity contribution in [3.05, 3.63) is 17.5 Å². The summed E-state index contributed by atoms with van der Waals surface area (Å²) in [4.78, 5) is 2.47. The first-order valence-corrected chi connectivity index (χ1v) is 5.72. The van der Waals surface area contributed by atoms with Gasteiger partial charge < -0.3 is 4.74 Å². The van der Waals surface area contributed by atoms with Crippen molar-refractivity contribution < 1.29 is 4.74 Å². The monoisotopic (exact) mass is 197 g/mol. The first kappa shape index (κ1) is 9.03. The molecule has 72 valence electrons. The van der Waals surface area contributed by atoms with Gasteiger partial charge in [-0.3, -0.25) is 4.90 Å². The van der Waals surface area contributed by atoms with E-state index < -0.39 is 0 Å². The van der Waals surface area contributed by atoms with Crippen molar-refractivity contribution in [3.63, 3.8) is 0 Å². The Balaban J connectivity index is 1.63. The molecule has 2 heterocycles. The molecule has 1 aromatic rings. The number of ether oxygens (including phenoxy) is 1.